The third-order valence-corrected chi connectivity index (χ3v) is 7.51. The summed E-state index contributed by atoms with van der Waals surface area (Å²) in [6, 6.07) is 32.7. The summed E-state index contributed by atoms with van der Waals surface area (Å²) < 4.78 is 10.7. The van der Waals surface area contributed by atoms with Gasteiger partial charge < -0.3 is 4.42 Å². The van der Waals surface area contributed by atoms with Crippen LogP contribution in [-0.4, -0.2) is 29.0 Å². The lowest BCUT2D eigenvalue weighted by atomic mass is 10.1. The number of hydrogen-bond acceptors (Lipinski definition) is 5. The fraction of sp³-hybridized carbons (Fsp3) is 0. The molecule has 0 fully saturated rings. The molecular weight excluding hydrogens is 484 g/mol. The molecule has 39 heavy (non-hydrogen) atoms. The molecule has 0 saturated heterocycles. The Hall–Kier alpha value is -5.56. The van der Waals surface area contributed by atoms with Crippen LogP contribution in [0.3, 0.4) is 0 Å². The summed E-state index contributed by atoms with van der Waals surface area (Å²) in [7, 11) is 0. The van der Waals surface area contributed by atoms with Gasteiger partial charge in [-0.05, 0) is 35.0 Å². The molecule has 9 aromatic rings. The molecule has 9 rings (SSSR count). The van der Waals surface area contributed by atoms with E-state index in [9.17, 15) is 0 Å². The van der Waals surface area contributed by atoms with E-state index in [1.807, 2.05) is 60.7 Å². The van der Waals surface area contributed by atoms with Gasteiger partial charge in [-0.25, -0.2) is 9.97 Å². The van der Waals surface area contributed by atoms with Crippen molar-refractivity contribution in [1.82, 2.24) is 29.0 Å². The highest BCUT2D eigenvalue weighted by atomic mass is 16.4. The second-order valence-corrected chi connectivity index (χ2v) is 9.68. The van der Waals surface area contributed by atoms with Crippen LogP contribution >= 0.6 is 0 Å². The summed E-state index contributed by atoms with van der Waals surface area (Å²) in [5, 5.41) is 13.2. The van der Waals surface area contributed by atoms with E-state index in [1.54, 1.807) is 0 Å². The van der Waals surface area contributed by atoms with E-state index in [-0.39, 0.29) is 0 Å². The minimum atomic E-state index is 0.459. The Bertz CT molecular complexity index is 2240. The van der Waals surface area contributed by atoms with Crippen molar-refractivity contribution in [3.63, 3.8) is 0 Å². The van der Waals surface area contributed by atoms with Gasteiger partial charge in [0.1, 0.15) is 11.3 Å². The fourth-order valence-electron chi connectivity index (χ4n) is 5.74. The molecule has 0 N–H and O–H groups in total. The number of aromatic nitrogens is 6. The normalized spacial score (nSPS) is 12.1. The molecule has 182 valence electrons. The zero-order chi connectivity index (χ0) is 25.5. The monoisotopic (exact) mass is 502 g/mol. The molecule has 5 heterocycles. The topological polar surface area (TPSA) is 73.5 Å². The maximum atomic E-state index is 6.46. The molecule has 0 amide bonds. The molecule has 7 heteroatoms. The number of imidazole rings is 2. The lowest BCUT2D eigenvalue weighted by molar-refractivity contribution is 0.585. The predicted octanol–water partition coefficient (Wildman–Crippen LogP) is 7.31. The zero-order valence-corrected chi connectivity index (χ0v) is 20.5. The number of rotatable bonds is 2. The van der Waals surface area contributed by atoms with E-state index in [2.05, 4.69) is 67.8 Å². The molecule has 5 aromatic heterocycles. The van der Waals surface area contributed by atoms with Gasteiger partial charge in [0.2, 0.25) is 11.8 Å². The zero-order valence-electron chi connectivity index (χ0n) is 20.5. The van der Waals surface area contributed by atoms with E-state index in [4.69, 9.17) is 14.4 Å². The van der Waals surface area contributed by atoms with Gasteiger partial charge in [0.05, 0.1) is 33.2 Å². The van der Waals surface area contributed by atoms with Crippen LogP contribution in [0.1, 0.15) is 0 Å². The lowest BCUT2D eigenvalue weighted by Gasteiger charge is -2.07. The van der Waals surface area contributed by atoms with Crippen molar-refractivity contribution in [3.8, 4) is 22.9 Å². The van der Waals surface area contributed by atoms with E-state index in [0.29, 0.717) is 11.8 Å². The van der Waals surface area contributed by atoms with Crippen LogP contribution in [0.5, 0.6) is 0 Å². The van der Waals surface area contributed by atoms with E-state index in [0.717, 1.165) is 66.0 Å². The van der Waals surface area contributed by atoms with Crippen LogP contribution in [0.2, 0.25) is 0 Å². The fourth-order valence-corrected chi connectivity index (χ4v) is 5.74. The molecule has 0 aliphatic carbocycles. The second kappa shape index (κ2) is 7.49. The first-order chi connectivity index (χ1) is 19.3. The Kier molecular flexibility index (Phi) is 3.93. The maximum absolute atomic E-state index is 6.46. The summed E-state index contributed by atoms with van der Waals surface area (Å²) in [5.41, 5.74) is 7.47. The van der Waals surface area contributed by atoms with E-state index in [1.165, 1.54) is 0 Å². The first kappa shape index (κ1) is 20.5. The highest BCUT2D eigenvalue weighted by molar-refractivity contribution is 6.06. The summed E-state index contributed by atoms with van der Waals surface area (Å²) in [5.74, 6) is 0.918. The smallest absolute Gasteiger partial charge is 0.250 e. The molecule has 0 radical (unpaired) electrons. The van der Waals surface area contributed by atoms with Crippen molar-refractivity contribution in [2.24, 2.45) is 0 Å². The first-order valence-electron chi connectivity index (χ1n) is 12.7. The average molecular weight is 503 g/mol. The first-order valence-corrected chi connectivity index (χ1v) is 12.7. The van der Waals surface area contributed by atoms with Gasteiger partial charge in [-0.15, -0.1) is 10.2 Å². The Morgan fingerprint density at radius 2 is 0.872 bits per heavy atom. The maximum Gasteiger partial charge on any atom is 0.250 e. The number of nitrogens with zero attached hydrogens (tertiary/aromatic N) is 6. The largest absolute Gasteiger partial charge is 0.416 e. The molecule has 0 bridgehead atoms. The lowest BCUT2D eigenvalue weighted by Crippen LogP contribution is -1.91. The van der Waals surface area contributed by atoms with Gasteiger partial charge in [-0.2, -0.15) is 0 Å². The third kappa shape index (κ3) is 2.81. The van der Waals surface area contributed by atoms with Gasteiger partial charge in [-0.1, -0.05) is 72.8 Å². The van der Waals surface area contributed by atoms with Crippen LogP contribution < -0.4 is 0 Å². The minimum Gasteiger partial charge on any atom is -0.416 e. The van der Waals surface area contributed by atoms with Gasteiger partial charge in [0.15, 0.2) is 0 Å². The van der Waals surface area contributed by atoms with Crippen LogP contribution in [0, 0.1) is 0 Å². The molecule has 4 aromatic carbocycles. The summed E-state index contributed by atoms with van der Waals surface area (Å²) in [6.07, 6.45) is 4.10. The van der Waals surface area contributed by atoms with Gasteiger partial charge in [0.25, 0.3) is 0 Å². The Morgan fingerprint density at radius 3 is 1.36 bits per heavy atom. The summed E-state index contributed by atoms with van der Waals surface area (Å²) in [6.45, 7) is 0. The van der Waals surface area contributed by atoms with Crippen molar-refractivity contribution in [2.45, 2.75) is 0 Å². The molecule has 0 atom stereocenters. The Morgan fingerprint density at radius 1 is 0.462 bits per heavy atom. The molecule has 7 nitrogen and oxygen atoms in total. The number of para-hydroxylation sites is 4. The molecule has 0 spiro atoms. The Labute approximate surface area is 220 Å². The highest BCUT2D eigenvalue weighted by Crippen LogP contribution is 2.36. The standard InChI is InChI=1S/C32H18N6O/c1-3-11-21-19(9-1)23(17-37-27-15-7-5-13-25(27)33-29(21)37)31-35-36-32(39-31)24-18-38-28-16-8-6-14-26(28)34-30(38)22-12-4-2-10-20(22)24/h1-18H. The van der Waals surface area contributed by atoms with Crippen molar-refractivity contribution < 1.29 is 4.42 Å². The molecule has 0 saturated carbocycles. The van der Waals surface area contributed by atoms with Crippen molar-refractivity contribution in [1.29, 1.82) is 0 Å². The molecular formula is C32H18N6O. The number of fused-ring (bicyclic) bond motifs is 10. The Balaban J connectivity index is 1.32. The van der Waals surface area contributed by atoms with Gasteiger partial charge >= 0.3 is 0 Å². The number of hydrogen-bond donors (Lipinski definition) is 0. The average Bonchev–Trinajstić information content (AvgIpc) is 3.72. The van der Waals surface area contributed by atoms with Crippen LogP contribution in [0.25, 0.3) is 77.8 Å². The second-order valence-electron chi connectivity index (χ2n) is 9.68. The highest BCUT2D eigenvalue weighted by Gasteiger charge is 2.20. The quantitative estimate of drug-likeness (QED) is 0.248. The van der Waals surface area contributed by atoms with Crippen LogP contribution in [0.4, 0.5) is 0 Å². The predicted molar refractivity (Wildman–Crippen MR) is 153 cm³/mol. The molecule has 0 aliphatic heterocycles. The summed E-state index contributed by atoms with van der Waals surface area (Å²) >= 11 is 0. The number of benzene rings is 4. The minimum absolute atomic E-state index is 0.459. The summed E-state index contributed by atoms with van der Waals surface area (Å²) in [4.78, 5) is 9.80. The van der Waals surface area contributed by atoms with E-state index >= 15 is 0 Å². The van der Waals surface area contributed by atoms with E-state index < -0.39 is 0 Å². The third-order valence-electron chi connectivity index (χ3n) is 7.51. The van der Waals surface area contributed by atoms with Crippen LogP contribution in [-0.2, 0) is 0 Å². The SMILES string of the molecule is c1ccc2c(c1)nc1c3ccccc3c(-c3nnc(-c4cn5c6ccccc6nc5c5ccccc45)o3)cn21. The van der Waals surface area contributed by atoms with Gasteiger partial charge in [-0.3, -0.25) is 8.80 Å². The van der Waals surface area contributed by atoms with Crippen molar-refractivity contribution >= 4 is 54.9 Å². The van der Waals surface area contributed by atoms with Crippen molar-refractivity contribution in [2.75, 3.05) is 0 Å². The van der Waals surface area contributed by atoms with Gasteiger partial charge in [0, 0.05) is 23.2 Å². The molecule has 0 aliphatic rings. The van der Waals surface area contributed by atoms with Crippen molar-refractivity contribution in [3.05, 3.63) is 109 Å². The number of pyridine rings is 2. The molecule has 0 unspecified atom stereocenters. The van der Waals surface area contributed by atoms with Crippen LogP contribution in [0.15, 0.2) is 114 Å².